The van der Waals surface area contributed by atoms with Crippen molar-refractivity contribution in [3.63, 3.8) is 0 Å². The number of aryl methyl sites for hydroxylation is 2. The first-order valence-corrected chi connectivity index (χ1v) is 7.48. The van der Waals surface area contributed by atoms with Crippen molar-refractivity contribution in [2.75, 3.05) is 26.9 Å². The molecule has 0 fully saturated rings. The zero-order chi connectivity index (χ0) is 15.2. The molecule has 4 nitrogen and oxygen atoms in total. The quantitative estimate of drug-likeness (QED) is 0.554. The number of alkyl halides is 1. The molecular weight excluding hydrogens is 295 g/mol. The van der Waals surface area contributed by atoms with E-state index in [0.717, 1.165) is 24.3 Å². The summed E-state index contributed by atoms with van der Waals surface area (Å²) >= 11 is 5.94. The van der Waals surface area contributed by atoms with Crippen LogP contribution in [0.3, 0.4) is 0 Å². The normalized spacial score (nSPS) is 11.4. The van der Waals surface area contributed by atoms with Crippen LogP contribution in [0, 0.1) is 12.7 Å². The van der Waals surface area contributed by atoms with Gasteiger partial charge in [0.1, 0.15) is 11.6 Å². The van der Waals surface area contributed by atoms with Crippen LogP contribution in [0.15, 0.2) is 12.1 Å². The van der Waals surface area contributed by atoms with E-state index in [9.17, 15) is 4.39 Å². The first-order valence-electron chi connectivity index (χ1n) is 6.95. The molecule has 0 saturated carbocycles. The van der Waals surface area contributed by atoms with Crippen molar-refractivity contribution < 1.29 is 13.9 Å². The van der Waals surface area contributed by atoms with Gasteiger partial charge in [0.25, 0.3) is 0 Å². The predicted molar refractivity (Wildman–Crippen MR) is 81.3 cm³/mol. The van der Waals surface area contributed by atoms with Gasteiger partial charge in [-0.05, 0) is 25.0 Å². The molecule has 116 valence electrons. The Kier molecular flexibility index (Phi) is 5.96. The lowest BCUT2D eigenvalue weighted by atomic mass is 10.2. The number of benzene rings is 1. The highest BCUT2D eigenvalue weighted by molar-refractivity contribution is 6.16. The molecule has 0 bridgehead atoms. The van der Waals surface area contributed by atoms with Crippen molar-refractivity contribution in [1.82, 2.24) is 9.55 Å². The van der Waals surface area contributed by atoms with Gasteiger partial charge in [-0.1, -0.05) is 0 Å². The predicted octanol–water partition coefficient (Wildman–Crippen LogP) is 3.28. The van der Waals surface area contributed by atoms with Gasteiger partial charge in [-0.25, -0.2) is 9.37 Å². The van der Waals surface area contributed by atoms with Crippen molar-refractivity contribution in [2.24, 2.45) is 0 Å². The topological polar surface area (TPSA) is 36.3 Å². The molecule has 0 atom stereocenters. The highest BCUT2D eigenvalue weighted by Crippen LogP contribution is 2.21. The summed E-state index contributed by atoms with van der Waals surface area (Å²) in [5.74, 6) is 0.824. The molecule has 1 heterocycles. The number of hydrogen-bond acceptors (Lipinski definition) is 3. The van der Waals surface area contributed by atoms with Crippen LogP contribution in [-0.4, -0.2) is 36.5 Å². The van der Waals surface area contributed by atoms with Crippen LogP contribution in [-0.2, 0) is 21.9 Å². The Labute approximate surface area is 128 Å². The fourth-order valence-electron chi connectivity index (χ4n) is 2.22. The second kappa shape index (κ2) is 7.73. The van der Waals surface area contributed by atoms with Crippen LogP contribution in [0.25, 0.3) is 11.0 Å². The summed E-state index contributed by atoms with van der Waals surface area (Å²) in [7, 11) is 1.65. The Morgan fingerprint density at radius 2 is 2.10 bits per heavy atom. The van der Waals surface area contributed by atoms with Crippen molar-refractivity contribution in [3.05, 3.63) is 29.3 Å². The molecule has 0 radical (unpaired) electrons. The van der Waals surface area contributed by atoms with Gasteiger partial charge in [-0.3, -0.25) is 0 Å². The summed E-state index contributed by atoms with van der Waals surface area (Å²) in [6, 6.07) is 3.28. The van der Waals surface area contributed by atoms with Crippen LogP contribution < -0.4 is 0 Å². The number of ether oxygens (including phenoxy) is 2. The van der Waals surface area contributed by atoms with Crippen LogP contribution >= 0.6 is 11.6 Å². The van der Waals surface area contributed by atoms with E-state index in [0.29, 0.717) is 36.8 Å². The number of methoxy groups -OCH3 is 1. The lowest BCUT2D eigenvalue weighted by Gasteiger charge is -2.09. The number of nitrogens with zero attached hydrogens (tertiary/aromatic N) is 2. The molecular formula is C15H20ClFN2O2. The minimum absolute atomic E-state index is 0.240. The number of aromatic nitrogens is 2. The van der Waals surface area contributed by atoms with Gasteiger partial charge < -0.3 is 14.0 Å². The zero-order valence-corrected chi connectivity index (χ0v) is 13.1. The number of fused-ring (bicyclic) bond motifs is 1. The summed E-state index contributed by atoms with van der Waals surface area (Å²) in [5, 5.41) is 0. The lowest BCUT2D eigenvalue weighted by molar-refractivity contribution is 0.0681. The van der Waals surface area contributed by atoms with Gasteiger partial charge in [0.05, 0.1) is 30.1 Å². The second-order valence-corrected chi connectivity index (χ2v) is 5.13. The average Bonchev–Trinajstić information content (AvgIpc) is 2.80. The molecule has 2 aromatic rings. The van der Waals surface area contributed by atoms with Gasteiger partial charge in [0.15, 0.2) is 0 Å². The molecule has 0 spiro atoms. The molecule has 2 rings (SSSR count). The van der Waals surface area contributed by atoms with E-state index < -0.39 is 0 Å². The number of rotatable bonds is 8. The lowest BCUT2D eigenvalue weighted by Crippen LogP contribution is -2.08. The van der Waals surface area contributed by atoms with Gasteiger partial charge in [-0.15, -0.1) is 11.6 Å². The minimum Gasteiger partial charge on any atom is -0.382 e. The molecule has 6 heteroatoms. The number of halogens is 2. The molecule has 0 N–H and O–H groups in total. The minimum atomic E-state index is -0.240. The Bertz CT molecular complexity index is 601. The Balaban J connectivity index is 2.08. The largest absolute Gasteiger partial charge is 0.382 e. The Morgan fingerprint density at radius 3 is 2.81 bits per heavy atom. The Morgan fingerprint density at radius 1 is 1.29 bits per heavy atom. The van der Waals surface area contributed by atoms with Gasteiger partial charge in [0.2, 0.25) is 0 Å². The standard InChI is InChI=1S/C15H20ClFN2O2/c1-11-8-14-13(9-12(11)17)18-15(10-16)19(14)4-3-5-21-7-6-20-2/h8-9H,3-7,10H2,1-2H3. The van der Waals surface area contributed by atoms with Crippen LogP contribution in [0.5, 0.6) is 0 Å². The molecule has 0 aliphatic rings. The fraction of sp³-hybridized carbons (Fsp3) is 0.533. The van der Waals surface area contributed by atoms with Crippen molar-refractivity contribution in [1.29, 1.82) is 0 Å². The van der Waals surface area contributed by atoms with E-state index in [2.05, 4.69) is 4.98 Å². The molecule has 0 unspecified atom stereocenters. The number of hydrogen-bond donors (Lipinski definition) is 0. The SMILES string of the molecule is COCCOCCCn1c(CCl)nc2cc(F)c(C)cc21. The van der Waals surface area contributed by atoms with E-state index in [1.54, 1.807) is 14.0 Å². The third kappa shape index (κ3) is 3.93. The highest BCUT2D eigenvalue weighted by Gasteiger charge is 2.12. The third-order valence-electron chi connectivity index (χ3n) is 3.33. The average molecular weight is 315 g/mol. The van der Waals surface area contributed by atoms with Crippen molar-refractivity contribution >= 4 is 22.6 Å². The molecule has 0 aliphatic heterocycles. The summed E-state index contributed by atoms with van der Waals surface area (Å²) in [4.78, 5) is 4.39. The molecule has 0 aliphatic carbocycles. The molecule has 0 saturated heterocycles. The third-order valence-corrected chi connectivity index (χ3v) is 3.57. The van der Waals surface area contributed by atoms with Gasteiger partial charge in [-0.2, -0.15) is 0 Å². The van der Waals surface area contributed by atoms with Crippen LogP contribution in [0.2, 0.25) is 0 Å². The highest BCUT2D eigenvalue weighted by atomic mass is 35.5. The summed E-state index contributed by atoms with van der Waals surface area (Å²) < 4.78 is 26.0. The maximum absolute atomic E-state index is 13.6. The van der Waals surface area contributed by atoms with E-state index in [-0.39, 0.29) is 5.82 Å². The van der Waals surface area contributed by atoms with Crippen LogP contribution in [0.1, 0.15) is 17.8 Å². The molecule has 1 aromatic heterocycles. The second-order valence-electron chi connectivity index (χ2n) is 4.86. The first kappa shape index (κ1) is 16.2. The van der Waals surface area contributed by atoms with E-state index in [4.69, 9.17) is 21.1 Å². The van der Waals surface area contributed by atoms with Crippen LogP contribution in [0.4, 0.5) is 4.39 Å². The van der Waals surface area contributed by atoms with E-state index in [1.807, 2.05) is 10.6 Å². The first-order chi connectivity index (χ1) is 10.2. The Hall–Kier alpha value is -1.17. The monoisotopic (exact) mass is 314 g/mol. The number of imidazole rings is 1. The maximum atomic E-state index is 13.6. The summed E-state index contributed by atoms with van der Waals surface area (Å²) in [6.45, 7) is 4.33. The van der Waals surface area contributed by atoms with Crippen molar-refractivity contribution in [2.45, 2.75) is 25.8 Å². The maximum Gasteiger partial charge on any atom is 0.128 e. The van der Waals surface area contributed by atoms with Gasteiger partial charge >= 0.3 is 0 Å². The summed E-state index contributed by atoms with van der Waals surface area (Å²) in [6.07, 6.45) is 0.843. The van der Waals surface area contributed by atoms with E-state index in [1.165, 1.54) is 6.07 Å². The smallest absolute Gasteiger partial charge is 0.128 e. The van der Waals surface area contributed by atoms with E-state index >= 15 is 0 Å². The van der Waals surface area contributed by atoms with Crippen molar-refractivity contribution in [3.8, 4) is 0 Å². The molecule has 21 heavy (non-hydrogen) atoms. The zero-order valence-electron chi connectivity index (χ0n) is 12.4. The molecule has 1 aromatic carbocycles. The molecule has 0 amide bonds. The van der Waals surface area contributed by atoms with Gasteiger partial charge in [0, 0.05) is 26.3 Å². The fourth-order valence-corrected chi connectivity index (χ4v) is 2.42. The summed E-state index contributed by atoms with van der Waals surface area (Å²) in [5.41, 5.74) is 2.18.